The summed E-state index contributed by atoms with van der Waals surface area (Å²) in [6.07, 6.45) is 1.73. The van der Waals surface area contributed by atoms with Gasteiger partial charge in [-0.3, -0.25) is 4.98 Å². The van der Waals surface area contributed by atoms with Gasteiger partial charge < -0.3 is 25.6 Å². The second kappa shape index (κ2) is 7.07. The summed E-state index contributed by atoms with van der Waals surface area (Å²) in [7, 11) is 0. The van der Waals surface area contributed by atoms with Crippen LogP contribution in [0.3, 0.4) is 0 Å². The van der Waals surface area contributed by atoms with E-state index in [0.717, 1.165) is 16.7 Å². The Balaban J connectivity index is 1.97. The maximum Gasteiger partial charge on any atom is 0.152 e. The molecule has 0 aliphatic rings. The fourth-order valence-corrected chi connectivity index (χ4v) is 3.51. The third kappa shape index (κ3) is 3.53. The first-order chi connectivity index (χ1) is 13.8. The van der Waals surface area contributed by atoms with Crippen LogP contribution < -0.4 is 5.73 Å². The van der Waals surface area contributed by atoms with E-state index in [9.17, 15) is 15.3 Å². The molecule has 150 valence electrons. The van der Waals surface area contributed by atoms with Crippen LogP contribution in [-0.2, 0) is 19.8 Å². The van der Waals surface area contributed by atoms with Gasteiger partial charge in [0.1, 0.15) is 29.0 Å². The number of nitrogen functional groups attached to an aromatic ring is 1. The van der Waals surface area contributed by atoms with Crippen LogP contribution in [0, 0.1) is 0 Å². The highest BCUT2D eigenvalue weighted by atomic mass is 16.3. The van der Waals surface area contributed by atoms with E-state index in [1.807, 2.05) is 30.3 Å². The minimum atomic E-state index is -1.02. The van der Waals surface area contributed by atoms with Crippen LogP contribution >= 0.6 is 0 Å². The summed E-state index contributed by atoms with van der Waals surface area (Å²) in [6.45, 7) is 3.26. The molecule has 0 saturated carbocycles. The zero-order valence-corrected chi connectivity index (χ0v) is 16.3. The lowest BCUT2D eigenvalue weighted by Gasteiger charge is -2.20. The van der Waals surface area contributed by atoms with Crippen molar-refractivity contribution in [2.75, 3.05) is 5.73 Å². The monoisotopic (exact) mass is 393 g/mol. The SMILES string of the molecule is CC(C)(O)Cn1c(CO)nc2c(N)nc3cc(-c4cccc(CO)c4)cnc3c21. The normalized spacial score (nSPS) is 12.2. The molecule has 4 aromatic rings. The molecule has 3 aromatic heterocycles. The van der Waals surface area contributed by atoms with Crippen LogP contribution in [0.25, 0.3) is 33.2 Å². The van der Waals surface area contributed by atoms with Crippen LogP contribution in [0.4, 0.5) is 5.82 Å². The van der Waals surface area contributed by atoms with E-state index in [4.69, 9.17) is 5.73 Å². The second-order valence-corrected chi connectivity index (χ2v) is 7.73. The summed E-state index contributed by atoms with van der Waals surface area (Å²) in [6, 6.07) is 9.44. The number of aliphatic hydroxyl groups is 3. The average molecular weight is 393 g/mol. The van der Waals surface area contributed by atoms with Crippen molar-refractivity contribution in [2.45, 2.75) is 39.2 Å². The van der Waals surface area contributed by atoms with Gasteiger partial charge in [-0.15, -0.1) is 0 Å². The summed E-state index contributed by atoms with van der Waals surface area (Å²) in [5, 5.41) is 29.5. The zero-order chi connectivity index (χ0) is 20.8. The molecule has 1 aromatic carbocycles. The molecule has 3 heterocycles. The molecule has 0 saturated heterocycles. The molecule has 5 N–H and O–H groups in total. The summed E-state index contributed by atoms with van der Waals surface area (Å²) in [4.78, 5) is 13.5. The van der Waals surface area contributed by atoms with Gasteiger partial charge in [0.2, 0.25) is 0 Å². The molecular formula is C21H23N5O3. The van der Waals surface area contributed by atoms with Gasteiger partial charge in [0.05, 0.1) is 24.3 Å². The minimum Gasteiger partial charge on any atom is -0.392 e. The summed E-state index contributed by atoms with van der Waals surface area (Å²) < 4.78 is 1.74. The van der Waals surface area contributed by atoms with E-state index >= 15 is 0 Å². The largest absolute Gasteiger partial charge is 0.392 e. The number of imidazole rings is 1. The zero-order valence-electron chi connectivity index (χ0n) is 16.3. The quantitative estimate of drug-likeness (QED) is 0.408. The average Bonchev–Trinajstić information content (AvgIpc) is 3.05. The number of nitrogens with zero attached hydrogens (tertiary/aromatic N) is 4. The second-order valence-electron chi connectivity index (χ2n) is 7.73. The number of aromatic nitrogens is 4. The van der Waals surface area contributed by atoms with Crippen LogP contribution in [0.1, 0.15) is 25.2 Å². The summed E-state index contributed by atoms with van der Waals surface area (Å²) in [5.74, 6) is 0.629. The molecule has 0 bridgehead atoms. The number of hydrogen-bond acceptors (Lipinski definition) is 7. The third-order valence-electron chi connectivity index (χ3n) is 4.75. The van der Waals surface area contributed by atoms with Crippen molar-refractivity contribution in [1.29, 1.82) is 0 Å². The first-order valence-electron chi connectivity index (χ1n) is 9.28. The molecule has 0 unspecified atom stereocenters. The molecule has 0 spiro atoms. The Hall–Kier alpha value is -3.07. The first-order valence-corrected chi connectivity index (χ1v) is 9.28. The molecular weight excluding hydrogens is 370 g/mol. The predicted octanol–water partition coefficient (Wildman–Crippen LogP) is 1.98. The lowest BCUT2D eigenvalue weighted by atomic mass is 10.0. The Morgan fingerprint density at radius 1 is 1.03 bits per heavy atom. The molecule has 0 fully saturated rings. The molecule has 8 nitrogen and oxygen atoms in total. The Labute approximate surface area is 167 Å². The van der Waals surface area contributed by atoms with Crippen LogP contribution in [0.2, 0.25) is 0 Å². The van der Waals surface area contributed by atoms with Crippen molar-refractivity contribution in [3.8, 4) is 11.1 Å². The number of fused-ring (bicyclic) bond motifs is 3. The molecule has 4 rings (SSSR count). The predicted molar refractivity (Wildman–Crippen MR) is 111 cm³/mol. The molecule has 0 amide bonds. The number of nitrogens with two attached hydrogens (primary N) is 1. The Kier molecular flexibility index (Phi) is 4.70. The first kappa shape index (κ1) is 19.3. The van der Waals surface area contributed by atoms with E-state index in [-0.39, 0.29) is 25.6 Å². The minimum absolute atomic E-state index is 0.0409. The van der Waals surface area contributed by atoms with Crippen molar-refractivity contribution >= 4 is 27.9 Å². The van der Waals surface area contributed by atoms with Gasteiger partial charge in [0.15, 0.2) is 5.82 Å². The van der Waals surface area contributed by atoms with E-state index < -0.39 is 5.60 Å². The standard InChI is InChI=1S/C21H23N5O3/c1-21(2,29)11-26-16(10-28)25-18-19(26)17-15(24-20(18)22)7-14(8-23-17)13-5-3-4-12(6-13)9-27/h3-8,27-29H,9-11H2,1-2H3,(H2,22,24). The van der Waals surface area contributed by atoms with Crippen molar-refractivity contribution < 1.29 is 15.3 Å². The number of hydrogen-bond donors (Lipinski definition) is 4. The fraction of sp³-hybridized carbons (Fsp3) is 0.286. The van der Waals surface area contributed by atoms with Crippen molar-refractivity contribution in [1.82, 2.24) is 19.5 Å². The van der Waals surface area contributed by atoms with Crippen molar-refractivity contribution in [2.24, 2.45) is 0 Å². The Bertz CT molecular complexity index is 1210. The van der Waals surface area contributed by atoms with Crippen molar-refractivity contribution in [3.05, 3.63) is 47.9 Å². The van der Waals surface area contributed by atoms with Crippen LogP contribution in [0.15, 0.2) is 36.5 Å². The highest BCUT2D eigenvalue weighted by Crippen LogP contribution is 2.31. The van der Waals surface area contributed by atoms with E-state index in [0.29, 0.717) is 27.9 Å². The molecule has 0 radical (unpaired) electrons. The maximum atomic E-state index is 10.3. The topological polar surface area (TPSA) is 130 Å². The number of pyridine rings is 2. The fourth-order valence-electron chi connectivity index (χ4n) is 3.51. The van der Waals surface area contributed by atoms with Crippen molar-refractivity contribution in [3.63, 3.8) is 0 Å². The van der Waals surface area contributed by atoms with E-state index in [1.54, 1.807) is 24.6 Å². The lowest BCUT2D eigenvalue weighted by Crippen LogP contribution is -2.27. The summed E-state index contributed by atoms with van der Waals surface area (Å²) >= 11 is 0. The summed E-state index contributed by atoms with van der Waals surface area (Å²) in [5.41, 5.74) is 9.97. The lowest BCUT2D eigenvalue weighted by molar-refractivity contribution is 0.0607. The van der Waals surface area contributed by atoms with E-state index in [1.165, 1.54) is 0 Å². The highest BCUT2D eigenvalue weighted by molar-refractivity contribution is 6.05. The molecule has 0 aliphatic heterocycles. The molecule has 0 aliphatic carbocycles. The number of benzene rings is 1. The van der Waals surface area contributed by atoms with Gasteiger partial charge in [0.25, 0.3) is 0 Å². The number of anilines is 1. The Morgan fingerprint density at radius 3 is 2.52 bits per heavy atom. The van der Waals surface area contributed by atoms with Gasteiger partial charge in [-0.25, -0.2) is 9.97 Å². The number of rotatable bonds is 5. The molecule has 29 heavy (non-hydrogen) atoms. The molecule has 8 heteroatoms. The Morgan fingerprint density at radius 2 is 1.83 bits per heavy atom. The van der Waals surface area contributed by atoms with Gasteiger partial charge in [-0.2, -0.15) is 0 Å². The highest BCUT2D eigenvalue weighted by Gasteiger charge is 2.23. The van der Waals surface area contributed by atoms with Crippen LogP contribution in [0.5, 0.6) is 0 Å². The van der Waals surface area contributed by atoms with Gasteiger partial charge in [-0.1, -0.05) is 18.2 Å². The number of aliphatic hydroxyl groups excluding tert-OH is 2. The third-order valence-corrected chi connectivity index (χ3v) is 4.75. The molecule has 0 atom stereocenters. The van der Waals surface area contributed by atoms with E-state index in [2.05, 4.69) is 15.0 Å². The van der Waals surface area contributed by atoms with Crippen LogP contribution in [-0.4, -0.2) is 40.4 Å². The van der Waals surface area contributed by atoms with Gasteiger partial charge in [-0.05, 0) is 37.1 Å². The van der Waals surface area contributed by atoms with Gasteiger partial charge >= 0.3 is 0 Å². The smallest absolute Gasteiger partial charge is 0.152 e. The maximum absolute atomic E-state index is 10.3. The van der Waals surface area contributed by atoms with Gasteiger partial charge in [0, 0.05) is 11.8 Å².